The van der Waals surface area contributed by atoms with Crippen LogP contribution in [0.2, 0.25) is 0 Å². The molecule has 108 valence electrons. The van der Waals surface area contributed by atoms with Crippen molar-refractivity contribution in [1.82, 2.24) is 5.32 Å². The van der Waals surface area contributed by atoms with Gasteiger partial charge in [0, 0.05) is 0 Å². The molecule has 0 aromatic heterocycles. The molecule has 0 fully saturated rings. The summed E-state index contributed by atoms with van der Waals surface area (Å²) in [7, 11) is 0. The molecular formula is C16H34N2. The first-order valence-electron chi connectivity index (χ1n) is 8.11. The Morgan fingerprint density at radius 3 is 1.78 bits per heavy atom. The summed E-state index contributed by atoms with van der Waals surface area (Å²) in [5, 5.41) is 10.5. The van der Waals surface area contributed by atoms with Crippen LogP contribution in [0.3, 0.4) is 0 Å². The van der Waals surface area contributed by atoms with Gasteiger partial charge in [-0.05, 0) is 45.0 Å². The third kappa shape index (κ3) is 15.6. The molecule has 0 aromatic carbocycles. The molecule has 0 aliphatic heterocycles. The van der Waals surface area contributed by atoms with Gasteiger partial charge in [0.2, 0.25) is 0 Å². The fourth-order valence-corrected chi connectivity index (χ4v) is 2.18. The van der Waals surface area contributed by atoms with Crippen molar-refractivity contribution < 1.29 is 0 Å². The van der Waals surface area contributed by atoms with Gasteiger partial charge in [-0.25, -0.2) is 0 Å². The van der Waals surface area contributed by atoms with E-state index < -0.39 is 0 Å². The maximum atomic E-state index is 6.93. The summed E-state index contributed by atoms with van der Waals surface area (Å²) in [5.41, 5.74) is 0. The van der Waals surface area contributed by atoms with Crippen LogP contribution in [0, 0.1) is 5.41 Å². The number of rotatable bonds is 15. The highest BCUT2D eigenvalue weighted by molar-refractivity contribution is 5.52. The normalized spacial score (nSPS) is 10.7. The van der Waals surface area contributed by atoms with Gasteiger partial charge in [-0.2, -0.15) is 0 Å². The smallest absolute Gasteiger partial charge is 0.00477 e. The predicted octanol–water partition coefficient (Wildman–Crippen LogP) is 4.93. The van der Waals surface area contributed by atoms with Crippen molar-refractivity contribution in [2.24, 2.45) is 0 Å². The lowest BCUT2D eigenvalue weighted by Crippen LogP contribution is -2.16. The van der Waals surface area contributed by atoms with E-state index in [1.54, 1.807) is 0 Å². The van der Waals surface area contributed by atoms with Crippen LogP contribution in [0.15, 0.2) is 0 Å². The minimum atomic E-state index is 0.969. The first-order valence-corrected chi connectivity index (χ1v) is 8.11. The van der Waals surface area contributed by atoms with E-state index in [1.807, 2.05) is 0 Å². The maximum Gasteiger partial charge on any atom is -0.00477 e. The summed E-state index contributed by atoms with van der Waals surface area (Å²) in [6.07, 6.45) is 17.4. The maximum absolute atomic E-state index is 6.93. The molecule has 2 heteroatoms. The van der Waals surface area contributed by atoms with Gasteiger partial charge in [0.25, 0.3) is 0 Å². The molecule has 0 bridgehead atoms. The van der Waals surface area contributed by atoms with Gasteiger partial charge in [0.1, 0.15) is 0 Å². The second-order valence-electron chi connectivity index (χ2n) is 5.28. The average Bonchev–Trinajstić information content (AvgIpc) is 2.39. The van der Waals surface area contributed by atoms with E-state index in [1.165, 1.54) is 89.9 Å². The van der Waals surface area contributed by atoms with Crippen molar-refractivity contribution in [2.75, 3.05) is 13.1 Å². The topological polar surface area (TPSA) is 35.9 Å². The summed E-state index contributed by atoms with van der Waals surface area (Å²) in [5.74, 6) is 0. The van der Waals surface area contributed by atoms with Crippen LogP contribution in [0.1, 0.15) is 84.0 Å². The molecule has 0 atom stereocenters. The minimum Gasteiger partial charge on any atom is -0.317 e. The molecule has 0 heterocycles. The molecule has 2 N–H and O–H groups in total. The van der Waals surface area contributed by atoms with E-state index in [0.717, 1.165) is 6.42 Å². The second kappa shape index (κ2) is 16.6. The van der Waals surface area contributed by atoms with Crippen LogP contribution in [-0.2, 0) is 0 Å². The standard InChI is InChI=1S/C16H34N2/c1-2-3-4-5-9-12-15-18-16-13-10-7-6-8-11-14-17/h14,17-18H,2-13,15-16H2,1H3. The molecule has 0 rings (SSSR count). The van der Waals surface area contributed by atoms with Crippen molar-refractivity contribution in [3.8, 4) is 0 Å². The zero-order chi connectivity index (χ0) is 13.3. The Hall–Kier alpha value is -0.370. The Labute approximate surface area is 114 Å². The molecule has 0 aromatic rings. The monoisotopic (exact) mass is 254 g/mol. The zero-order valence-electron chi connectivity index (χ0n) is 12.5. The number of hydrogen-bond donors (Lipinski definition) is 2. The van der Waals surface area contributed by atoms with E-state index in [9.17, 15) is 0 Å². The second-order valence-corrected chi connectivity index (χ2v) is 5.28. The Morgan fingerprint density at radius 2 is 1.22 bits per heavy atom. The van der Waals surface area contributed by atoms with Crippen LogP contribution in [0.25, 0.3) is 0 Å². The molecule has 0 aliphatic rings. The zero-order valence-corrected chi connectivity index (χ0v) is 12.5. The van der Waals surface area contributed by atoms with Crippen LogP contribution in [-0.4, -0.2) is 19.3 Å². The van der Waals surface area contributed by atoms with Crippen LogP contribution in [0.4, 0.5) is 0 Å². The van der Waals surface area contributed by atoms with Gasteiger partial charge in [0.15, 0.2) is 0 Å². The van der Waals surface area contributed by atoms with Gasteiger partial charge in [0.05, 0.1) is 0 Å². The number of unbranched alkanes of at least 4 members (excludes halogenated alkanes) is 10. The predicted molar refractivity (Wildman–Crippen MR) is 82.7 cm³/mol. The minimum absolute atomic E-state index is 0.969. The lowest BCUT2D eigenvalue weighted by molar-refractivity contribution is 0.546. The number of nitrogens with one attached hydrogen (secondary N) is 2. The fraction of sp³-hybridized carbons (Fsp3) is 0.938. The highest BCUT2D eigenvalue weighted by Gasteiger charge is 1.92. The summed E-state index contributed by atoms with van der Waals surface area (Å²) < 4.78 is 0. The SMILES string of the molecule is CCCCCCCCNCCCCCCCC=N. The summed E-state index contributed by atoms with van der Waals surface area (Å²) in [6.45, 7) is 4.67. The Kier molecular flexibility index (Phi) is 16.3. The van der Waals surface area contributed by atoms with Gasteiger partial charge < -0.3 is 10.7 Å². The van der Waals surface area contributed by atoms with E-state index in [0.29, 0.717) is 0 Å². The van der Waals surface area contributed by atoms with E-state index in [-0.39, 0.29) is 0 Å². The van der Waals surface area contributed by atoms with Gasteiger partial charge in [-0.15, -0.1) is 0 Å². The first-order chi connectivity index (χ1) is 8.91. The van der Waals surface area contributed by atoms with Gasteiger partial charge >= 0.3 is 0 Å². The van der Waals surface area contributed by atoms with Crippen LogP contribution in [0.5, 0.6) is 0 Å². The molecule has 0 saturated carbocycles. The Balaban J connectivity index is 2.88. The molecule has 0 aliphatic carbocycles. The molecule has 0 saturated heterocycles. The summed E-state index contributed by atoms with van der Waals surface area (Å²) in [6, 6.07) is 0. The summed E-state index contributed by atoms with van der Waals surface area (Å²) >= 11 is 0. The van der Waals surface area contributed by atoms with E-state index in [4.69, 9.17) is 5.41 Å². The third-order valence-electron chi connectivity index (χ3n) is 3.41. The Bertz CT molecular complexity index is 157. The quantitative estimate of drug-likeness (QED) is 0.315. The lowest BCUT2D eigenvalue weighted by atomic mass is 10.1. The van der Waals surface area contributed by atoms with Crippen molar-refractivity contribution in [3.05, 3.63) is 0 Å². The highest BCUT2D eigenvalue weighted by atomic mass is 14.8. The third-order valence-corrected chi connectivity index (χ3v) is 3.41. The molecular weight excluding hydrogens is 220 g/mol. The van der Waals surface area contributed by atoms with Crippen molar-refractivity contribution in [2.45, 2.75) is 84.0 Å². The van der Waals surface area contributed by atoms with E-state index in [2.05, 4.69) is 12.2 Å². The number of hydrogen-bond acceptors (Lipinski definition) is 2. The highest BCUT2D eigenvalue weighted by Crippen LogP contribution is 2.05. The Morgan fingerprint density at radius 1 is 0.722 bits per heavy atom. The van der Waals surface area contributed by atoms with Gasteiger partial charge in [-0.3, -0.25) is 0 Å². The lowest BCUT2D eigenvalue weighted by Gasteiger charge is -2.04. The molecule has 18 heavy (non-hydrogen) atoms. The van der Waals surface area contributed by atoms with Crippen molar-refractivity contribution in [1.29, 1.82) is 5.41 Å². The van der Waals surface area contributed by atoms with Crippen molar-refractivity contribution >= 4 is 6.21 Å². The molecule has 2 nitrogen and oxygen atoms in total. The average molecular weight is 254 g/mol. The molecule has 0 unspecified atom stereocenters. The van der Waals surface area contributed by atoms with Crippen molar-refractivity contribution in [3.63, 3.8) is 0 Å². The molecule has 0 radical (unpaired) electrons. The van der Waals surface area contributed by atoms with E-state index >= 15 is 0 Å². The fourth-order valence-electron chi connectivity index (χ4n) is 2.18. The van der Waals surface area contributed by atoms with Gasteiger partial charge in [-0.1, -0.05) is 58.3 Å². The van der Waals surface area contributed by atoms with Crippen LogP contribution >= 0.6 is 0 Å². The first kappa shape index (κ1) is 17.6. The largest absolute Gasteiger partial charge is 0.317 e. The van der Waals surface area contributed by atoms with Crippen LogP contribution < -0.4 is 5.32 Å². The summed E-state index contributed by atoms with van der Waals surface area (Å²) in [4.78, 5) is 0. The molecule has 0 spiro atoms. The molecule has 0 amide bonds.